The number of amides is 2. The molecule has 5 rings (SSSR count). The molecule has 4 N–H and O–H groups in total. The number of carbonyl (C=O) groups is 2. The highest BCUT2D eigenvalue weighted by Crippen LogP contribution is 2.37. The zero-order chi connectivity index (χ0) is 30.0. The molecule has 4 aromatic rings. The van der Waals surface area contributed by atoms with Crippen molar-refractivity contribution in [2.75, 3.05) is 18.4 Å². The first-order valence-electron chi connectivity index (χ1n) is 13.1. The lowest BCUT2D eigenvalue weighted by molar-refractivity contribution is -0.141. The molecule has 15 heteroatoms. The van der Waals surface area contributed by atoms with E-state index in [1.54, 1.807) is 38.1 Å². The summed E-state index contributed by atoms with van der Waals surface area (Å²) in [4.78, 5) is 33.9. The molecule has 0 aliphatic carbocycles. The van der Waals surface area contributed by atoms with Crippen molar-refractivity contribution in [3.8, 4) is 17.3 Å². The molecule has 0 saturated carbocycles. The molecule has 1 saturated heterocycles. The molecule has 42 heavy (non-hydrogen) atoms. The van der Waals surface area contributed by atoms with Crippen LogP contribution in [0.15, 0.2) is 43.0 Å². The number of rotatable bonds is 8. The van der Waals surface area contributed by atoms with Gasteiger partial charge in [0.05, 0.1) is 23.5 Å². The SMILES string of the molecule is Cc1cc(Nc2nccn3c(-c4cn(CC#N)nc4C(F)(F)F)cnc23)ccc1C(=O)NC(C)C(=O)N[C@@H]1CCNC1. The van der Waals surface area contributed by atoms with Crippen molar-refractivity contribution < 1.29 is 22.8 Å². The third-order valence-electron chi connectivity index (χ3n) is 6.85. The molecule has 218 valence electrons. The van der Waals surface area contributed by atoms with Gasteiger partial charge in [0.25, 0.3) is 5.91 Å². The van der Waals surface area contributed by atoms with Crippen molar-refractivity contribution in [1.82, 2.24) is 40.1 Å². The number of aromatic nitrogens is 5. The fourth-order valence-corrected chi connectivity index (χ4v) is 4.76. The van der Waals surface area contributed by atoms with Crippen molar-refractivity contribution in [3.05, 3.63) is 59.8 Å². The predicted octanol–water partition coefficient (Wildman–Crippen LogP) is 2.78. The highest BCUT2D eigenvalue weighted by Gasteiger charge is 2.38. The van der Waals surface area contributed by atoms with Gasteiger partial charge < -0.3 is 21.3 Å². The summed E-state index contributed by atoms with van der Waals surface area (Å²) in [5, 5.41) is 24.4. The molecule has 2 amide bonds. The van der Waals surface area contributed by atoms with Crippen LogP contribution in [0, 0.1) is 18.3 Å². The molecule has 0 bridgehead atoms. The quantitative estimate of drug-likeness (QED) is 0.248. The number of alkyl halides is 3. The second kappa shape index (κ2) is 11.5. The number of nitrogens with one attached hydrogen (secondary N) is 4. The third-order valence-corrected chi connectivity index (χ3v) is 6.85. The Morgan fingerprint density at radius 3 is 2.79 bits per heavy atom. The molecule has 1 aliphatic heterocycles. The Bertz CT molecular complexity index is 1680. The van der Waals surface area contributed by atoms with Gasteiger partial charge in [-0.25, -0.2) is 9.97 Å². The van der Waals surface area contributed by atoms with E-state index in [4.69, 9.17) is 5.26 Å². The van der Waals surface area contributed by atoms with E-state index in [0.29, 0.717) is 23.4 Å². The Morgan fingerprint density at radius 1 is 1.29 bits per heavy atom. The second-order valence-electron chi connectivity index (χ2n) is 9.91. The van der Waals surface area contributed by atoms with Gasteiger partial charge in [-0.1, -0.05) is 0 Å². The fraction of sp³-hybridized carbons (Fsp3) is 0.333. The summed E-state index contributed by atoms with van der Waals surface area (Å²) in [5.74, 6) is -0.391. The van der Waals surface area contributed by atoms with Crippen LogP contribution in [-0.4, -0.2) is 61.1 Å². The Hall–Kier alpha value is -4.97. The van der Waals surface area contributed by atoms with Crippen molar-refractivity contribution in [2.24, 2.45) is 0 Å². The topological polar surface area (TPSA) is 154 Å². The Labute approximate surface area is 237 Å². The molecule has 12 nitrogen and oxygen atoms in total. The molecule has 1 aromatic carbocycles. The fourth-order valence-electron chi connectivity index (χ4n) is 4.76. The number of halogens is 3. The van der Waals surface area contributed by atoms with Crippen LogP contribution in [0.25, 0.3) is 16.9 Å². The highest BCUT2D eigenvalue weighted by atomic mass is 19.4. The second-order valence-corrected chi connectivity index (χ2v) is 9.91. The number of nitrogens with zero attached hydrogens (tertiary/aromatic N) is 6. The van der Waals surface area contributed by atoms with Gasteiger partial charge in [0, 0.05) is 42.4 Å². The number of aryl methyl sites for hydroxylation is 1. The minimum Gasteiger partial charge on any atom is -0.350 e. The molecule has 0 spiro atoms. The van der Waals surface area contributed by atoms with Crippen LogP contribution >= 0.6 is 0 Å². The van der Waals surface area contributed by atoms with Gasteiger partial charge in [0.2, 0.25) is 5.91 Å². The van der Waals surface area contributed by atoms with Crippen molar-refractivity contribution in [2.45, 2.75) is 45.1 Å². The zero-order valence-corrected chi connectivity index (χ0v) is 22.7. The maximum atomic E-state index is 13.7. The number of carbonyl (C=O) groups excluding carboxylic acids is 2. The Balaban J connectivity index is 1.34. The number of fused-ring (bicyclic) bond motifs is 1. The van der Waals surface area contributed by atoms with E-state index in [9.17, 15) is 22.8 Å². The number of benzene rings is 1. The number of anilines is 2. The van der Waals surface area contributed by atoms with E-state index >= 15 is 0 Å². The molecule has 2 atom stereocenters. The molecular weight excluding hydrogens is 553 g/mol. The van der Waals surface area contributed by atoms with Gasteiger partial charge >= 0.3 is 6.18 Å². The summed E-state index contributed by atoms with van der Waals surface area (Å²) in [7, 11) is 0. The van der Waals surface area contributed by atoms with Crippen LogP contribution in [0.5, 0.6) is 0 Å². The monoisotopic (exact) mass is 580 g/mol. The lowest BCUT2D eigenvalue weighted by atomic mass is 10.1. The van der Waals surface area contributed by atoms with E-state index in [1.165, 1.54) is 23.0 Å². The molecule has 3 aromatic heterocycles. The molecular formula is C27H27F3N10O2. The van der Waals surface area contributed by atoms with E-state index in [-0.39, 0.29) is 41.2 Å². The van der Waals surface area contributed by atoms with Crippen LogP contribution in [0.1, 0.15) is 35.0 Å². The highest BCUT2D eigenvalue weighted by molar-refractivity contribution is 5.99. The first kappa shape index (κ1) is 28.6. The first-order chi connectivity index (χ1) is 20.0. The summed E-state index contributed by atoms with van der Waals surface area (Å²) < 4.78 is 43.5. The zero-order valence-electron chi connectivity index (χ0n) is 22.7. The summed E-state index contributed by atoms with van der Waals surface area (Å²) in [6, 6.07) is 6.07. The Kier molecular flexibility index (Phi) is 7.81. The summed E-state index contributed by atoms with van der Waals surface area (Å²) in [6.45, 7) is 4.56. The minimum absolute atomic E-state index is 0.0427. The van der Waals surface area contributed by atoms with Crippen molar-refractivity contribution in [3.63, 3.8) is 0 Å². The van der Waals surface area contributed by atoms with E-state index < -0.39 is 23.8 Å². The van der Waals surface area contributed by atoms with Crippen LogP contribution in [0.2, 0.25) is 0 Å². The van der Waals surface area contributed by atoms with Gasteiger partial charge in [0.15, 0.2) is 17.2 Å². The van der Waals surface area contributed by atoms with Gasteiger partial charge in [-0.3, -0.25) is 18.7 Å². The average Bonchev–Trinajstić information content (AvgIpc) is 3.69. The van der Waals surface area contributed by atoms with E-state index in [1.807, 2.05) is 0 Å². The lowest BCUT2D eigenvalue weighted by Crippen LogP contribution is -2.48. The summed E-state index contributed by atoms with van der Waals surface area (Å²) in [5.41, 5.74) is 0.593. The van der Waals surface area contributed by atoms with Gasteiger partial charge in [-0.15, -0.1) is 0 Å². The number of nitriles is 1. The van der Waals surface area contributed by atoms with Crippen LogP contribution in [-0.2, 0) is 17.5 Å². The molecule has 1 unspecified atom stereocenters. The normalized spacial score (nSPS) is 15.8. The van der Waals surface area contributed by atoms with Crippen LogP contribution in [0.4, 0.5) is 24.7 Å². The predicted molar refractivity (Wildman–Crippen MR) is 146 cm³/mol. The van der Waals surface area contributed by atoms with Crippen LogP contribution < -0.4 is 21.3 Å². The largest absolute Gasteiger partial charge is 0.435 e. The number of hydrogen-bond acceptors (Lipinski definition) is 8. The average molecular weight is 581 g/mol. The Morgan fingerprint density at radius 2 is 2.10 bits per heavy atom. The van der Waals surface area contributed by atoms with E-state index in [2.05, 4.69) is 36.3 Å². The number of imidazole rings is 1. The van der Waals surface area contributed by atoms with Crippen LogP contribution in [0.3, 0.4) is 0 Å². The minimum atomic E-state index is -4.74. The number of hydrogen-bond donors (Lipinski definition) is 4. The maximum Gasteiger partial charge on any atom is 0.435 e. The summed E-state index contributed by atoms with van der Waals surface area (Å²) >= 11 is 0. The van der Waals surface area contributed by atoms with Crippen molar-refractivity contribution in [1.29, 1.82) is 5.26 Å². The lowest BCUT2D eigenvalue weighted by Gasteiger charge is -2.18. The molecule has 1 fully saturated rings. The van der Waals surface area contributed by atoms with E-state index in [0.717, 1.165) is 23.8 Å². The molecule has 0 radical (unpaired) electrons. The maximum absolute atomic E-state index is 13.7. The summed E-state index contributed by atoms with van der Waals surface area (Å²) in [6.07, 6.45) is 1.43. The van der Waals surface area contributed by atoms with Gasteiger partial charge in [-0.05, 0) is 50.6 Å². The standard InChI is InChI=1S/C27H27F3N10O2/c1-15-11-17(3-4-19(15)26(42)35-16(2)25(41)37-18-5-7-32-12-18)36-23-24-34-13-21(40(24)10-8-33-23)20-14-39(9-6-31)38-22(20)27(28,29)30/h3-4,8,10-11,13-14,16,18,32H,5,7,9,12H2,1-2H3,(H,33,36)(H,35,42)(H,37,41)/t16?,18-/m1/s1. The van der Waals surface area contributed by atoms with Gasteiger partial charge in [-0.2, -0.15) is 23.5 Å². The van der Waals surface area contributed by atoms with Gasteiger partial charge in [0.1, 0.15) is 12.6 Å². The smallest absolute Gasteiger partial charge is 0.350 e. The molecule has 4 heterocycles. The first-order valence-corrected chi connectivity index (χ1v) is 13.1. The molecule has 1 aliphatic rings. The van der Waals surface area contributed by atoms with Crippen molar-refractivity contribution >= 4 is 29.0 Å². The third kappa shape index (κ3) is 5.88.